The summed E-state index contributed by atoms with van der Waals surface area (Å²) >= 11 is 1.89. The molecule has 0 spiro atoms. The van der Waals surface area contributed by atoms with Gasteiger partial charge in [0.15, 0.2) is 7.28 Å². The second kappa shape index (κ2) is 18.7. The van der Waals surface area contributed by atoms with Crippen molar-refractivity contribution in [3.63, 3.8) is 0 Å². The second-order valence-electron chi connectivity index (χ2n) is 22.0. The Morgan fingerprint density at radius 1 is 0.459 bits per heavy atom. The molecular formula is C69H60BN3S. The molecule has 5 heteroatoms. The molecule has 1 aliphatic heterocycles. The third kappa shape index (κ3) is 8.75. The first-order valence-corrected chi connectivity index (χ1v) is 26.8. The lowest BCUT2D eigenvalue weighted by molar-refractivity contribution is 0.590. The van der Waals surface area contributed by atoms with E-state index in [4.69, 9.17) is 0 Å². The summed E-state index contributed by atoms with van der Waals surface area (Å²) < 4.78 is 2.54. The second-order valence-corrected chi connectivity index (χ2v) is 23.0. The summed E-state index contributed by atoms with van der Waals surface area (Å²) in [5.41, 5.74) is 22.7. The van der Waals surface area contributed by atoms with Crippen LogP contribution in [0.1, 0.15) is 58.2 Å². The zero-order valence-electron chi connectivity index (χ0n) is 43.4. The summed E-state index contributed by atoms with van der Waals surface area (Å²) in [7, 11) is 0.763. The molecule has 0 aliphatic carbocycles. The molecule has 0 atom stereocenters. The fourth-order valence-electron chi connectivity index (χ4n) is 10.9. The van der Waals surface area contributed by atoms with Crippen LogP contribution < -0.4 is 26.0 Å². The van der Waals surface area contributed by atoms with Crippen molar-refractivity contribution in [2.24, 2.45) is 0 Å². The number of aryl methyl sites for hydroxylation is 1. The van der Waals surface area contributed by atoms with Gasteiger partial charge in [-0.15, -0.1) is 11.3 Å². The number of fused-ring (bicyclic) bond motifs is 5. The van der Waals surface area contributed by atoms with Crippen LogP contribution in [0.3, 0.4) is 0 Å². The lowest BCUT2D eigenvalue weighted by atomic mass is 9.57. The summed E-state index contributed by atoms with van der Waals surface area (Å²) in [4.78, 5) is 5.00. The molecule has 74 heavy (non-hydrogen) atoms. The van der Waals surface area contributed by atoms with E-state index in [2.05, 4.69) is 288 Å². The standard InChI is InChI=1S/C69H60BN3S/c1-45-18-14-16-24-60(45)73-61-42-49(47-21-12-9-13-22-47)28-40-58(61)70-67-62(73)44-64-65(56-23-15-17-25-63(56)74-64)66(67)57-43-55(39-41-59(57)71-52-33-26-48(27-34-52)46-19-10-8-11-20-46)72(53-35-29-50(30-36-53)68(2,3)4)54-37-31-51(32-38-54)69(5,6)7/h8-44,70-71H,1-7H3. The van der Waals surface area contributed by atoms with E-state index in [1.165, 1.54) is 92.7 Å². The van der Waals surface area contributed by atoms with E-state index < -0.39 is 0 Å². The third-order valence-corrected chi connectivity index (χ3v) is 16.1. The largest absolute Gasteiger partial charge is 0.355 e. The molecule has 1 aromatic heterocycles. The first-order valence-electron chi connectivity index (χ1n) is 26.0. The highest BCUT2D eigenvalue weighted by atomic mass is 32.1. The number of thiophene rings is 1. The van der Waals surface area contributed by atoms with Crippen molar-refractivity contribution in [3.05, 3.63) is 241 Å². The molecular weight excluding hydrogens is 914 g/mol. The van der Waals surface area contributed by atoms with E-state index in [-0.39, 0.29) is 10.8 Å². The lowest BCUT2D eigenvalue weighted by Crippen LogP contribution is -2.41. The SMILES string of the molecule is Cc1ccccc1N1c2cc(-c3ccccc3)ccc2Bc2c1cc1sc3ccccc3c1c2-c1cc(N(c2ccc(C(C)(C)C)cc2)c2ccc(C(C)(C)C)cc2)ccc1Nc1ccc(-c2ccccc2)cc1. The van der Waals surface area contributed by atoms with Gasteiger partial charge < -0.3 is 15.1 Å². The summed E-state index contributed by atoms with van der Waals surface area (Å²) in [6.45, 7) is 16.0. The monoisotopic (exact) mass is 973 g/mol. The molecule has 1 aliphatic rings. The zero-order valence-corrected chi connectivity index (χ0v) is 44.2. The topological polar surface area (TPSA) is 18.5 Å². The fourth-order valence-corrected chi connectivity index (χ4v) is 12.1. The molecule has 1 N–H and O–H groups in total. The molecule has 360 valence electrons. The lowest BCUT2D eigenvalue weighted by Gasteiger charge is -2.36. The Morgan fingerprint density at radius 3 is 1.65 bits per heavy atom. The van der Waals surface area contributed by atoms with E-state index in [0.29, 0.717) is 0 Å². The van der Waals surface area contributed by atoms with Crippen LogP contribution in [0.5, 0.6) is 0 Å². The molecule has 10 aromatic carbocycles. The van der Waals surface area contributed by atoms with E-state index >= 15 is 0 Å². The van der Waals surface area contributed by atoms with Crippen LogP contribution in [-0.4, -0.2) is 7.28 Å². The minimum Gasteiger partial charge on any atom is -0.355 e. The normalized spacial score (nSPS) is 12.3. The molecule has 0 radical (unpaired) electrons. The maximum atomic E-state index is 4.02. The van der Waals surface area contributed by atoms with E-state index in [0.717, 1.165) is 41.3 Å². The molecule has 11 aromatic rings. The molecule has 0 saturated carbocycles. The highest BCUT2D eigenvalue weighted by molar-refractivity contribution is 7.26. The van der Waals surface area contributed by atoms with Gasteiger partial charge in [-0.05, 0) is 147 Å². The van der Waals surface area contributed by atoms with Crippen LogP contribution in [-0.2, 0) is 10.8 Å². The van der Waals surface area contributed by atoms with Gasteiger partial charge >= 0.3 is 0 Å². The van der Waals surface area contributed by atoms with Crippen LogP contribution in [0.25, 0.3) is 53.6 Å². The van der Waals surface area contributed by atoms with Gasteiger partial charge in [-0.2, -0.15) is 0 Å². The predicted octanol–water partition coefficient (Wildman–Crippen LogP) is 18.3. The van der Waals surface area contributed by atoms with Crippen molar-refractivity contribution < 1.29 is 0 Å². The summed E-state index contributed by atoms with van der Waals surface area (Å²) in [5.74, 6) is 0. The maximum Gasteiger partial charge on any atom is 0.198 e. The quantitative estimate of drug-likeness (QED) is 0.145. The molecule has 0 fully saturated rings. The molecule has 12 rings (SSSR count). The third-order valence-electron chi connectivity index (χ3n) is 14.9. The Hall–Kier alpha value is -8.12. The Bertz CT molecular complexity index is 3790. The highest BCUT2D eigenvalue weighted by Gasteiger charge is 2.32. The smallest absolute Gasteiger partial charge is 0.198 e. The van der Waals surface area contributed by atoms with Crippen LogP contribution >= 0.6 is 11.3 Å². The number of nitrogens with zero attached hydrogens (tertiary/aromatic N) is 2. The van der Waals surface area contributed by atoms with Gasteiger partial charge in [-0.25, -0.2) is 0 Å². The number of nitrogens with one attached hydrogen (secondary N) is 1. The molecule has 0 bridgehead atoms. The molecule has 0 saturated heterocycles. The van der Waals surface area contributed by atoms with Crippen molar-refractivity contribution in [2.75, 3.05) is 15.1 Å². The van der Waals surface area contributed by atoms with Gasteiger partial charge in [0.1, 0.15) is 0 Å². The summed E-state index contributed by atoms with van der Waals surface area (Å²) in [5, 5.41) is 6.58. The highest BCUT2D eigenvalue weighted by Crippen LogP contribution is 2.49. The Labute approximate surface area is 441 Å². The number of hydrogen-bond donors (Lipinski definition) is 1. The summed E-state index contributed by atoms with van der Waals surface area (Å²) in [6, 6.07) is 83.3. The fraction of sp³-hybridized carbons (Fsp3) is 0.130. The van der Waals surface area contributed by atoms with Crippen LogP contribution in [0.2, 0.25) is 0 Å². The summed E-state index contributed by atoms with van der Waals surface area (Å²) in [6.07, 6.45) is 0. The Balaban J connectivity index is 1.13. The van der Waals surface area contributed by atoms with Gasteiger partial charge in [-0.3, -0.25) is 0 Å². The predicted molar refractivity (Wildman–Crippen MR) is 323 cm³/mol. The van der Waals surface area contributed by atoms with E-state index in [9.17, 15) is 0 Å². The minimum atomic E-state index is 0.0203. The number of para-hydroxylation sites is 1. The zero-order chi connectivity index (χ0) is 50.7. The van der Waals surface area contributed by atoms with Crippen LogP contribution in [0.4, 0.5) is 45.5 Å². The molecule has 0 amide bonds. The molecule has 3 nitrogen and oxygen atoms in total. The van der Waals surface area contributed by atoms with Crippen molar-refractivity contribution in [3.8, 4) is 33.4 Å². The first kappa shape index (κ1) is 46.9. The van der Waals surface area contributed by atoms with Crippen molar-refractivity contribution in [1.29, 1.82) is 0 Å². The first-order chi connectivity index (χ1) is 35.9. The number of benzene rings is 10. The Kier molecular flexibility index (Phi) is 11.9. The Morgan fingerprint density at radius 2 is 1.01 bits per heavy atom. The van der Waals surface area contributed by atoms with Gasteiger partial charge in [0, 0.05) is 71.2 Å². The average molecular weight is 974 g/mol. The minimum absolute atomic E-state index is 0.0203. The number of rotatable bonds is 9. The van der Waals surface area contributed by atoms with Crippen molar-refractivity contribution >= 4 is 95.2 Å². The van der Waals surface area contributed by atoms with E-state index in [1.54, 1.807) is 0 Å². The van der Waals surface area contributed by atoms with Crippen LogP contribution in [0, 0.1) is 6.92 Å². The maximum absolute atomic E-state index is 4.02. The van der Waals surface area contributed by atoms with Crippen LogP contribution in [0.15, 0.2) is 224 Å². The van der Waals surface area contributed by atoms with Gasteiger partial charge in [-0.1, -0.05) is 193 Å². The average Bonchev–Trinajstić information content (AvgIpc) is 3.80. The van der Waals surface area contributed by atoms with Crippen molar-refractivity contribution in [1.82, 2.24) is 0 Å². The van der Waals surface area contributed by atoms with E-state index in [1.807, 2.05) is 11.3 Å². The van der Waals surface area contributed by atoms with Gasteiger partial charge in [0.2, 0.25) is 0 Å². The van der Waals surface area contributed by atoms with Gasteiger partial charge in [0.25, 0.3) is 0 Å². The molecule has 0 unspecified atom stereocenters. The van der Waals surface area contributed by atoms with Crippen molar-refractivity contribution in [2.45, 2.75) is 59.3 Å². The molecule has 2 heterocycles. The number of hydrogen-bond acceptors (Lipinski definition) is 4. The number of anilines is 8. The van der Waals surface area contributed by atoms with Gasteiger partial charge in [0.05, 0.1) is 0 Å².